The van der Waals surface area contributed by atoms with E-state index in [9.17, 15) is 0 Å². The van der Waals surface area contributed by atoms with Crippen LogP contribution in [0.25, 0.3) is 0 Å². The molecule has 0 aromatic carbocycles. The fraction of sp³-hybridized carbons (Fsp3) is 0.714. The van der Waals surface area contributed by atoms with E-state index in [-0.39, 0.29) is 6.10 Å². The summed E-state index contributed by atoms with van der Waals surface area (Å²) >= 11 is 0. The number of aromatic nitrogens is 2. The molecule has 3 rings (SSSR count). The summed E-state index contributed by atoms with van der Waals surface area (Å²) in [6, 6.07) is 0. The zero-order valence-electron chi connectivity index (χ0n) is 11.2. The van der Waals surface area contributed by atoms with Crippen molar-refractivity contribution >= 4 is 5.82 Å². The van der Waals surface area contributed by atoms with Gasteiger partial charge in [-0.25, -0.2) is 9.97 Å². The molecule has 4 nitrogen and oxygen atoms in total. The zero-order chi connectivity index (χ0) is 12.5. The zero-order valence-corrected chi connectivity index (χ0v) is 11.2. The topological polar surface area (TPSA) is 47.0 Å². The summed E-state index contributed by atoms with van der Waals surface area (Å²) < 4.78 is 5.89. The van der Waals surface area contributed by atoms with E-state index >= 15 is 0 Å². The van der Waals surface area contributed by atoms with Gasteiger partial charge in [-0.2, -0.15) is 0 Å². The maximum Gasteiger partial charge on any atom is 0.159 e. The van der Waals surface area contributed by atoms with Crippen molar-refractivity contribution in [3.8, 4) is 0 Å². The lowest BCUT2D eigenvalue weighted by Crippen LogP contribution is -2.15. The molecule has 0 radical (unpaired) electrons. The molecule has 1 aromatic heterocycles. The van der Waals surface area contributed by atoms with Crippen LogP contribution in [0.4, 0.5) is 5.82 Å². The van der Waals surface area contributed by atoms with Gasteiger partial charge in [-0.15, -0.1) is 0 Å². The van der Waals surface area contributed by atoms with E-state index in [4.69, 9.17) is 9.72 Å². The molecule has 0 spiro atoms. The van der Waals surface area contributed by atoms with Crippen molar-refractivity contribution < 1.29 is 4.74 Å². The third-order valence-electron chi connectivity index (χ3n) is 3.96. The number of rotatable bonds is 2. The van der Waals surface area contributed by atoms with Crippen molar-refractivity contribution in [1.82, 2.24) is 9.97 Å². The first-order valence-corrected chi connectivity index (χ1v) is 7.01. The lowest BCUT2D eigenvalue weighted by molar-refractivity contribution is 0.0502. The van der Waals surface area contributed by atoms with E-state index in [1.54, 1.807) is 0 Å². The molecule has 0 saturated carbocycles. The number of aryl methyl sites for hydroxylation is 1. The van der Waals surface area contributed by atoms with Gasteiger partial charge in [0.05, 0.1) is 6.10 Å². The average Bonchev–Trinajstić information content (AvgIpc) is 2.84. The highest BCUT2D eigenvalue weighted by Gasteiger charge is 2.27. The fourth-order valence-electron chi connectivity index (χ4n) is 2.96. The maximum atomic E-state index is 5.89. The minimum absolute atomic E-state index is 0.0966. The number of nitrogens with one attached hydrogen (secondary N) is 1. The number of anilines is 1. The second-order valence-corrected chi connectivity index (χ2v) is 5.33. The molecule has 2 atom stereocenters. The molecule has 2 unspecified atom stereocenters. The largest absolute Gasteiger partial charge is 0.373 e. The Morgan fingerprint density at radius 2 is 2.00 bits per heavy atom. The summed E-state index contributed by atoms with van der Waals surface area (Å²) in [5.74, 6) is 1.89. The summed E-state index contributed by atoms with van der Waals surface area (Å²) in [4.78, 5) is 9.44. The van der Waals surface area contributed by atoms with Crippen molar-refractivity contribution in [2.24, 2.45) is 0 Å². The molecular formula is C14H21N3O. The lowest BCUT2D eigenvalue weighted by Gasteiger charge is -2.20. The molecule has 1 aliphatic carbocycles. The first kappa shape index (κ1) is 11.9. The van der Waals surface area contributed by atoms with Crippen LogP contribution in [0.2, 0.25) is 0 Å². The van der Waals surface area contributed by atoms with Crippen LogP contribution in [0.5, 0.6) is 0 Å². The molecule has 18 heavy (non-hydrogen) atoms. The monoisotopic (exact) mass is 247 g/mol. The Kier molecular flexibility index (Phi) is 3.20. The Morgan fingerprint density at radius 1 is 1.17 bits per heavy atom. The van der Waals surface area contributed by atoms with Crippen molar-refractivity contribution in [3.63, 3.8) is 0 Å². The van der Waals surface area contributed by atoms with E-state index < -0.39 is 0 Å². The van der Waals surface area contributed by atoms with Crippen LogP contribution in [0, 0.1) is 0 Å². The summed E-state index contributed by atoms with van der Waals surface area (Å²) in [6.45, 7) is 2.12. The van der Waals surface area contributed by atoms with Crippen molar-refractivity contribution in [3.05, 3.63) is 17.1 Å². The molecule has 1 aliphatic heterocycles. The second kappa shape index (κ2) is 4.84. The van der Waals surface area contributed by atoms with Crippen LogP contribution in [0.15, 0.2) is 0 Å². The summed E-state index contributed by atoms with van der Waals surface area (Å²) in [5.41, 5.74) is 2.55. The molecule has 2 heterocycles. The van der Waals surface area contributed by atoms with Gasteiger partial charge in [-0.05, 0) is 45.4 Å². The molecule has 1 aromatic rings. The smallest absolute Gasteiger partial charge is 0.159 e. The predicted molar refractivity (Wildman–Crippen MR) is 70.7 cm³/mol. The van der Waals surface area contributed by atoms with Gasteiger partial charge in [0, 0.05) is 18.3 Å². The summed E-state index contributed by atoms with van der Waals surface area (Å²) in [7, 11) is 1.94. The molecule has 4 heteroatoms. The van der Waals surface area contributed by atoms with Crippen LogP contribution in [0.1, 0.15) is 55.8 Å². The standard InChI is InChI=1S/C14H21N3O/c1-9-7-8-12(18-9)14-16-11-6-4-3-5-10(11)13(15-2)17-14/h9,12H,3-8H2,1-2H3,(H,15,16,17). The van der Waals surface area contributed by atoms with Crippen LogP contribution in [0.3, 0.4) is 0 Å². The predicted octanol–water partition coefficient (Wildman–Crippen LogP) is 2.64. The van der Waals surface area contributed by atoms with Gasteiger partial charge in [-0.1, -0.05) is 0 Å². The summed E-state index contributed by atoms with van der Waals surface area (Å²) in [5, 5.41) is 3.22. The normalized spacial score (nSPS) is 27.0. The van der Waals surface area contributed by atoms with Gasteiger partial charge in [-0.3, -0.25) is 0 Å². The Labute approximate surface area is 108 Å². The van der Waals surface area contributed by atoms with Gasteiger partial charge in [0.2, 0.25) is 0 Å². The minimum Gasteiger partial charge on any atom is -0.373 e. The minimum atomic E-state index is 0.0966. The van der Waals surface area contributed by atoms with Crippen molar-refractivity contribution in [2.45, 2.75) is 57.7 Å². The van der Waals surface area contributed by atoms with Gasteiger partial charge >= 0.3 is 0 Å². The first-order chi connectivity index (χ1) is 8.78. The number of fused-ring (bicyclic) bond motifs is 1. The Bertz CT molecular complexity index is 430. The molecule has 98 valence electrons. The van der Waals surface area contributed by atoms with Crippen molar-refractivity contribution in [1.29, 1.82) is 0 Å². The molecular weight excluding hydrogens is 226 g/mol. The summed E-state index contributed by atoms with van der Waals surface area (Å²) in [6.07, 6.45) is 7.28. The molecule has 0 amide bonds. The highest BCUT2D eigenvalue weighted by Crippen LogP contribution is 2.33. The highest BCUT2D eigenvalue weighted by atomic mass is 16.5. The quantitative estimate of drug-likeness (QED) is 0.872. The third-order valence-corrected chi connectivity index (χ3v) is 3.96. The Morgan fingerprint density at radius 3 is 2.72 bits per heavy atom. The fourth-order valence-corrected chi connectivity index (χ4v) is 2.96. The third kappa shape index (κ3) is 2.09. The number of hydrogen-bond acceptors (Lipinski definition) is 4. The number of nitrogens with zero attached hydrogens (tertiary/aromatic N) is 2. The molecule has 2 aliphatic rings. The number of hydrogen-bond donors (Lipinski definition) is 1. The Hall–Kier alpha value is -1.16. The van der Waals surface area contributed by atoms with E-state index in [2.05, 4.69) is 17.2 Å². The SMILES string of the molecule is CNc1nc(C2CCC(C)O2)nc2c1CCCC2. The van der Waals surface area contributed by atoms with Crippen molar-refractivity contribution in [2.75, 3.05) is 12.4 Å². The van der Waals surface area contributed by atoms with Gasteiger partial charge < -0.3 is 10.1 Å². The van der Waals surface area contributed by atoms with E-state index in [0.717, 1.165) is 37.3 Å². The maximum absolute atomic E-state index is 5.89. The van der Waals surface area contributed by atoms with E-state index in [1.165, 1.54) is 24.1 Å². The van der Waals surface area contributed by atoms with Gasteiger partial charge in [0.25, 0.3) is 0 Å². The van der Waals surface area contributed by atoms with Crippen LogP contribution < -0.4 is 5.32 Å². The van der Waals surface area contributed by atoms with Crippen LogP contribution >= 0.6 is 0 Å². The molecule has 1 N–H and O–H groups in total. The molecule has 1 fully saturated rings. The van der Waals surface area contributed by atoms with Gasteiger partial charge in [0.15, 0.2) is 5.82 Å². The van der Waals surface area contributed by atoms with Gasteiger partial charge in [0.1, 0.15) is 11.9 Å². The lowest BCUT2D eigenvalue weighted by atomic mass is 9.96. The van der Waals surface area contributed by atoms with Crippen LogP contribution in [-0.2, 0) is 17.6 Å². The van der Waals surface area contributed by atoms with E-state index in [1.807, 2.05) is 7.05 Å². The number of ether oxygens (including phenoxy) is 1. The van der Waals surface area contributed by atoms with Crippen LogP contribution in [-0.4, -0.2) is 23.1 Å². The molecule has 1 saturated heterocycles. The highest BCUT2D eigenvalue weighted by molar-refractivity contribution is 5.47. The molecule has 0 bridgehead atoms. The Balaban J connectivity index is 1.95. The van der Waals surface area contributed by atoms with E-state index in [0.29, 0.717) is 6.10 Å². The average molecular weight is 247 g/mol. The second-order valence-electron chi connectivity index (χ2n) is 5.33. The first-order valence-electron chi connectivity index (χ1n) is 7.01.